The van der Waals surface area contributed by atoms with Gasteiger partial charge in [-0.3, -0.25) is 4.79 Å². The molecule has 2 rings (SSSR count). The number of unbranched alkanes of at least 4 members (excludes halogenated alkanes) is 58. The highest BCUT2D eigenvalue weighted by Gasteiger charge is 2.51. The van der Waals surface area contributed by atoms with Crippen molar-refractivity contribution in [3.8, 4) is 0 Å². The summed E-state index contributed by atoms with van der Waals surface area (Å²) in [5, 5.41) is 87.7. The Bertz CT molecular complexity index is 1740. The summed E-state index contributed by atoms with van der Waals surface area (Å²) in [6, 6.07) is -0.931. The van der Waals surface area contributed by atoms with Gasteiger partial charge in [-0.2, -0.15) is 0 Å². The average Bonchev–Trinajstić information content (AvgIpc) is 0.793. The van der Waals surface area contributed by atoms with Crippen LogP contribution in [0.3, 0.4) is 0 Å². The molecule has 0 aliphatic carbocycles. The van der Waals surface area contributed by atoms with E-state index >= 15 is 0 Å². The van der Waals surface area contributed by atoms with Crippen molar-refractivity contribution in [2.24, 2.45) is 0 Å². The van der Waals surface area contributed by atoms with Gasteiger partial charge in [-0.15, -0.1) is 0 Å². The molecule has 2 saturated heterocycles. The molecule has 0 bridgehead atoms. The van der Waals surface area contributed by atoms with Crippen LogP contribution in [-0.4, -0.2) is 140 Å². The highest BCUT2D eigenvalue weighted by molar-refractivity contribution is 5.76. The lowest BCUT2D eigenvalue weighted by Gasteiger charge is -2.46. The second-order valence-corrected chi connectivity index (χ2v) is 30.3. The quantitative estimate of drug-likeness (QED) is 0.0204. The summed E-state index contributed by atoms with van der Waals surface area (Å²) in [4.78, 5) is 13.4. The lowest BCUT2D eigenvalue weighted by molar-refractivity contribution is -0.359. The number of aliphatic hydroxyl groups excluding tert-OH is 8. The molecular weight excluding hydrogens is 1230 g/mol. The van der Waals surface area contributed by atoms with Gasteiger partial charge >= 0.3 is 0 Å². The molecule has 12 atom stereocenters. The first-order valence-corrected chi connectivity index (χ1v) is 42.6. The van der Waals surface area contributed by atoms with Crippen molar-refractivity contribution in [1.82, 2.24) is 5.32 Å². The van der Waals surface area contributed by atoms with Crippen LogP contribution in [-0.2, 0) is 23.7 Å². The smallest absolute Gasteiger partial charge is 0.220 e. The van der Waals surface area contributed by atoms with Gasteiger partial charge in [0.25, 0.3) is 0 Å². The van der Waals surface area contributed by atoms with Gasteiger partial charge in [0, 0.05) is 6.42 Å². The molecule has 0 aromatic heterocycles. The van der Waals surface area contributed by atoms with Crippen LogP contribution in [0.25, 0.3) is 0 Å². The van der Waals surface area contributed by atoms with E-state index in [4.69, 9.17) is 18.9 Å². The monoisotopic (exact) mass is 1390 g/mol. The van der Waals surface area contributed by atoms with Crippen LogP contribution >= 0.6 is 0 Å². The predicted octanol–water partition coefficient (Wildman–Crippen LogP) is 19.8. The minimum Gasteiger partial charge on any atom is -0.394 e. The molecule has 1 amide bonds. The molecule has 12 unspecified atom stereocenters. The number of carbonyl (C=O) groups excluding carboxylic acids is 1. The van der Waals surface area contributed by atoms with Crippen LogP contribution in [0.15, 0.2) is 24.3 Å². The van der Waals surface area contributed by atoms with E-state index < -0.39 is 86.8 Å². The zero-order valence-corrected chi connectivity index (χ0v) is 63.8. The molecule has 2 aliphatic heterocycles. The molecule has 2 heterocycles. The summed E-state index contributed by atoms with van der Waals surface area (Å²) in [6.07, 6.45) is 72.9. The first-order chi connectivity index (χ1) is 48.1. The highest BCUT2D eigenvalue weighted by Crippen LogP contribution is 2.31. The summed E-state index contributed by atoms with van der Waals surface area (Å²) in [5.74, 6) is -0.239. The Kier molecular flexibility index (Phi) is 64.8. The molecule has 14 nitrogen and oxygen atoms in total. The number of ether oxygens (including phenoxy) is 4. The van der Waals surface area contributed by atoms with Crippen LogP contribution < -0.4 is 5.32 Å². The van der Waals surface area contributed by atoms with E-state index in [9.17, 15) is 45.6 Å². The number of rotatable bonds is 73. The fraction of sp³-hybridized carbons (Fsp3) is 0.940. The number of hydrogen-bond donors (Lipinski definition) is 9. The van der Waals surface area contributed by atoms with E-state index in [0.717, 1.165) is 32.1 Å². The van der Waals surface area contributed by atoms with Crippen LogP contribution in [0.4, 0.5) is 0 Å². The summed E-state index contributed by atoms with van der Waals surface area (Å²) in [6.45, 7) is 2.86. The van der Waals surface area contributed by atoms with Crippen LogP contribution in [0, 0.1) is 0 Å². The van der Waals surface area contributed by atoms with Crippen molar-refractivity contribution >= 4 is 5.91 Å². The highest BCUT2D eigenvalue weighted by atomic mass is 16.7. The number of hydrogen-bond acceptors (Lipinski definition) is 13. The van der Waals surface area contributed by atoms with Crippen molar-refractivity contribution in [2.45, 2.75) is 485 Å². The summed E-state index contributed by atoms with van der Waals surface area (Å²) < 4.78 is 22.9. The van der Waals surface area contributed by atoms with Gasteiger partial charge in [-0.25, -0.2) is 0 Å². The third-order valence-corrected chi connectivity index (χ3v) is 21.1. The number of amides is 1. The molecule has 0 radical (unpaired) electrons. The fourth-order valence-corrected chi connectivity index (χ4v) is 14.4. The first kappa shape index (κ1) is 92.6. The van der Waals surface area contributed by atoms with E-state index in [1.807, 2.05) is 6.08 Å². The van der Waals surface area contributed by atoms with Crippen molar-refractivity contribution in [3.05, 3.63) is 24.3 Å². The maximum atomic E-state index is 13.4. The number of carbonyl (C=O) groups is 1. The molecule has 14 heteroatoms. The van der Waals surface area contributed by atoms with Gasteiger partial charge in [0.05, 0.1) is 32.0 Å². The largest absolute Gasteiger partial charge is 0.394 e. The molecule has 2 fully saturated rings. The zero-order valence-electron chi connectivity index (χ0n) is 63.8. The number of nitrogens with one attached hydrogen (secondary N) is 1. The van der Waals surface area contributed by atoms with E-state index in [0.29, 0.717) is 12.8 Å². The van der Waals surface area contributed by atoms with Crippen LogP contribution in [0.2, 0.25) is 0 Å². The maximum absolute atomic E-state index is 13.4. The lowest BCUT2D eigenvalue weighted by atomic mass is 9.97. The van der Waals surface area contributed by atoms with Gasteiger partial charge in [-0.05, 0) is 32.1 Å². The van der Waals surface area contributed by atoms with Crippen molar-refractivity contribution in [3.63, 3.8) is 0 Å². The third kappa shape index (κ3) is 50.8. The van der Waals surface area contributed by atoms with E-state index in [-0.39, 0.29) is 18.9 Å². The minimum absolute atomic E-state index is 0.239. The third-order valence-electron chi connectivity index (χ3n) is 21.1. The second-order valence-electron chi connectivity index (χ2n) is 30.3. The Labute approximate surface area is 602 Å². The van der Waals surface area contributed by atoms with E-state index in [2.05, 4.69) is 31.3 Å². The Morgan fingerprint density at radius 3 is 1.00 bits per heavy atom. The normalized spacial score (nSPS) is 22.1. The van der Waals surface area contributed by atoms with E-state index in [1.165, 1.54) is 347 Å². The molecule has 2 aliphatic rings. The second kappa shape index (κ2) is 68.6. The Morgan fingerprint density at radius 2 is 0.653 bits per heavy atom. The molecule has 580 valence electrons. The molecular formula is C84H161NO13. The number of aliphatic hydroxyl groups is 8. The van der Waals surface area contributed by atoms with Gasteiger partial charge in [-0.1, -0.05) is 398 Å². The standard InChI is InChI=1S/C84H161NO13/c1-3-5-7-9-11-13-15-17-19-21-23-25-27-29-31-33-35-36-38-39-41-43-45-47-49-51-53-55-57-59-61-63-65-67-73(88)72(71-95-83-81(94)79(92)82(75(70-87)97-83)98-84-80(93)78(91)77(90)74(69-86)96-84)85-76(89)68-66-64-62-60-58-56-54-52-50-48-46-44-42-40-37-34-32-30-28-26-24-22-20-18-16-14-12-10-8-6-4-2/h57,59,65,67,72-75,77-84,86-88,90-94H,3-56,58,60-64,66,68-71H2,1-2H3,(H,85,89)/b59-57+,67-65+. The van der Waals surface area contributed by atoms with Crippen LogP contribution in [0.5, 0.6) is 0 Å². The summed E-state index contributed by atoms with van der Waals surface area (Å²) >= 11 is 0. The van der Waals surface area contributed by atoms with Gasteiger partial charge < -0.3 is 65.1 Å². The molecule has 9 N–H and O–H groups in total. The lowest BCUT2D eigenvalue weighted by Crippen LogP contribution is -2.65. The van der Waals surface area contributed by atoms with Gasteiger partial charge in [0.2, 0.25) is 5.91 Å². The molecule has 0 spiro atoms. The maximum Gasteiger partial charge on any atom is 0.220 e. The average molecular weight is 1390 g/mol. The SMILES string of the molecule is CCCCCCCCCCCCCCCCCCCCCCCCCCCCC/C=C/CC/C=C/C(O)C(COC1OC(CO)C(OC2OC(CO)C(O)C(O)C2O)C(O)C1O)NC(=O)CCCCCCCCCCCCCCCCCCCCCCCCCCCCCCCCC. The molecule has 0 saturated carbocycles. The Morgan fingerprint density at radius 1 is 0.357 bits per heavy atom. The topological polar surface area (TPSA) is 228 Å². The fourth-order valence-electron chi connectivity index (χ4n) is 14.4. The summed E-state index contributed by atoms with van der Waals surface area (Å²) in [5.41, 5.74) is 0. The summed E-state index contributed by atoms with van der Waals surface area (Å²) in [7, 11) is 0. The van der Waals surface area contributed by atoms with Crippen LogP contribution in [0.1, 0.15) is 412 Å². The van der Waals surface area contributed by atoms with Gasteiger partial charge in [0.15, 0.2) is 12.6 Å². The minimum atomic E-state index is -1.79. The first-order valence-electron chi connectivity index (χ1n) is 42.6. The van der Waals surface area contributed by atoms with Crippen molar-refractivity contribution in [1.29, 1.82) is 0 Å². The molecule has 0 aromatic carbocycles. The zero-order chi connectivity index (χ0) is 70.8. The Balaban J connectivity index is 1.60. The van der Waals surface area contributed by atoms with Crippen molar-refractivity contribution in [2.75, 3.05) is 19.8 Å². The van der Waals surface area contributed by atoms with Gasteiger partial charge in [0.1, 0.15) is 48.8 Å². The predicted molar refractivity (Wildman–Crippen MR) is 406 cm³/mol. The number of allylic oxidation sites excluding steroid dienone is 3. The van der Waals surface area contributed by atoms with E-state index in [1.54, 1.807) is 6.08 Å². The Hall–Kier alpha value is -1.53. The van der Waals surface area contributed by atoms with Crippen molar-refractivity contribution < 1.29 is 64.6 Å². The molecule has 98 heavy (non-hydrogen) atoms. The molecule has 0 aromatic rings.